The molecule has 2 aromatic rings. The Morgan fingerprint density at radius 3 is 2.50 bits per heavy atom. The second kappa shape index (κ2) is 9.67. The molecule has 0 aliphatic heterocycles. The van der Waals surface area contributed by atoms with Gasteiger partial charge in [-0.1, -0.05) is 30.3 Å². The SMILES string of the molecule is CC(C(=O)OCCCCO[N+](=O)[O-])c1ccc(C(=O)c2ccccc2)s1. The molecule has 1 unspecified atom stereocenters. The van der Waals surface area contributed by atoms with Gasteiger partial charge in [0.15, 0.2) is 0 Å². The Bertz CT molecular complexity index is 758. The van der Waals surface area contributed by atoms with Gasteiger partial charge < -0.3 is 9.57 Å². The van der Waals surface area contributed by atoms with Gasteiger partial charge in [0, 0.05) is 10.4 Å². The first-order valence-corrected chi connectivity index (χ1v) is 8.94. The molecule has 0 aliphatic rings. The lowest BCUT2D eigenvalue weighted by Crippen LogP contribution is -2.13. The number of benzene rings is 1. The molecule has 1 aromatic carbocycles. The van der Waals surface area contributed by atoms with Gasteiger partial charge in [-0.05, 0) is 31.9 Å². The van der Waals surface area contributed by atoms with Gasteiger partial charge in [0.1, 0.15) is 0 Å². The summed E-state index contributed by atoms with van der Waals surface area (Å²) in [5.41, 5.74) is 0.605. The molecule has 26 heavy (non-hydrogen) atoms. The molecule has 2 rings (SSSR count). The van der Waals surface area contributed by atoms with E-state index in [-0.39, 0.29) is 25.0 Å². The van der Waals surface area contributed by atoms with Gasteiger partial charge >= 0.3 is 5.97 Å². The Morgan fingerprint density at radius 2 is 1.81 bits per heavy atom. The predicted molar refractivity (Wildman–Crippen MR) is 95.7 cm³/mol. The zero-order valence-electron chi connectivity index (χ0n) is 14.3. The zero-order chi connectivity index (χ0) is 18.9. The summed E-state index contributed by atoms with van der Waals surface area (Å²) in [6.07, 6.45) is 0.909. The quantitative estimate of drug-likeness (QED) is 0.206. The number of nitrogens with zero attached hydrogens (tertiary/aromatic N) is 1. The van der Waals surface area contributed by atoms with Crippen molar-refractivity contribution in [3.05, 3.63) is 67.9 Å². The lowest BCUT2D eigenvalue weighted by atomic mass is 10.1. The number of esters is 1. The number of unbranched alkanes of at least 4 members (excludes halogenated alkanes) is 1. The highest BCUT2D eigenvalue weighted by Crippen LogP contribution is 2.27. The van der Waals surface area contributed by atoms with Crippen LogP contribution in [-0.2, 0) is 14.4 Å². The van der Waals surface area contributed by atoms with Crippen LogP contribution in [0.25, 0.3) is 0 Å². The van der Waals surface area contributed by atoms with Gasteiger partial charge in [-0.15, -0.1) is 21.5 Å². The summed E-state index contributed by atoms with van der Waals surface area (Å²) in [4.78, 5) is 40.0. The van der Waals surface area contributed by atoms with E-state index >= 15 is 0 Å². The van der Waals surface area contributed by atoms with Gasteiger partial charge in [0.05, 0.1) is 24.0 Å². The van der Waals surface area contributed by atoms with Crippen LogP contribution in [0.4, 0.5) is 0 Å². The maximum atomic E-state index is 12.4. The molecule has 0 bridgehead atoms. The first-order chi connectivity index (χ1) is 12.5. The van der Waals surface area contributed by atoms with Crippen molar-refractivity contribution in [3.63, 3.8) is 0 Å². The van der Waals surface area contributed by atoms with E-state index in [4.69, 9.17) is 4.74 Å². The molecule has 0 saturated heterocycles. The monoisotopic (exact) mass is 377 g/mol. The van der Waals surface area contributed by atoms with E-state index in [1.165, 1.54) is 11.3 Å². The number of rotatable bonds is 10. The van der Waals surface area contributed by atoms with Crippen molar-refractivity contribution in [2.45, 2.75) is 25.7 Å². The molecule has 0 saturated carbocycles. The highest BCUT2D eigenvalue weighted by molar-refractivity contribution is 7.14. The number of hydrogen-bond donors (Lipinski definition) is 0. The fourth-order valence-electron chi connectivity index (χ4n) is 2.20. The number of carbonyl (C=O) groups is 2. The van der Waals surface area contributed by atoms with Gasteiger partial charge in [-0.3, -0.25) is 9.59 Å². The highest BCUT2D eigenvalue weighted by Gasteiger charge is 2.20. The summed E-state index contributed by atoms with van der Waals surface area (Å²) in [6, 6.07) is 12.4. The van der Waals surface area contributed by atoms with Crippen LogP contribution in [0.1, 0.15) is 45.8 Å². The van der Waals surface area contributed by atoms with Crippen molar-refractivity contribution in [2.24, 2.45) is 0 Å². The maximum absolute atomic E-state index is 12.4. The molecule has 0 N–H and O–H groups in total. The second-order valence-corrected chi connectivity index (χ2v) is 6.67. The van der Waals surface area contributed by atoms with Crippen LogP contribution in [-0.4, -0.2) is 30.1 Å². The third-order valence-electron chi connectivity index (χ3n) is 3.65. The lowest BCUT2D eigenvalue weighted by molar-refractivity contribution is -0.757. The van der Waals surface area contributed by atoms with Crippen molar-refractivity contribution in [2.75, 3.05) is 13.2 Å². The van der Waals surface area contributed by atoms with Crippen molar-refractivity contribution >= 4 is 23.1 Å². The number of ketones is 1. The summed E-state index contributed by atoms with van der Waals surface area (Å²) in [6.45, 7) is 1.88. The van der Waals surface area contributed by atoms with Crippen molar-refractivity contribution in [1.29, 1.82) is 0 Å². The minimum Gasteiger partial charge on any atom is -0.465 e. The van der Waals surface area contributed by atoms with Crippen LogP contribution in [0.5, 0.6) is 0 Å². The number of ether oxygens (including phenoxy) is 1. The molecule has 138 valence electrons. The molecule has 7 nitrogen and oxygen atoms in total. The summed E-state index contributed by atoms with van der Waals surface area (Å²) in [5.74, 6) is -0.943. The lowest BCUT2D eigenvalue weighted by Gasteiger charge is -2.09. The summed E-state index contributed by atoms with van der Waals surface area (Å²) in [7, 11) is 0. The minimum atomic E-state index is -0.848. The highest BCUT2D eigenvalue weighted by atomic mass is 32.1. The summed E-state index contributed by atoms with van der Waals surface area (Å²) in [5, 5.41) is 9.15. The molecule has 0 fully saturated rings. The Labute approximate surface area is 154 Å². The van der Waals surface area contributed by atoms with E-state index in [1.54, 1.807) is 43.3 Å². The average molecular weight is 377 g/mol. The van der Waals surface area contributed by atoms with Crippen LogP contribution >= 0.6 is 11.3 Å². The van der Waals surface area contributed by atoms with Crippen LogP contribution < -0.4 is 0 Å². The standard InChI is InChI=1S/C18H19NO6S/c1-13(18(21)24-11-5-6-12-25-19(22)23)15-9-10-16(26-15)17(20)14-7-3-2-4-8-14/h2-4,7-10,13H,5-6,11-12H2,1H3. The van der Waals surface area contributed by atoms with Crippen LogP contribution in [0.3, 0.4) is 0 Å². The van der Waals surface area contributed by atoms with E-state index in [0.717, 1.165) is 4.88 Å². The molecule has 1 aromatic heterocycles. The molecule has 0 spiro atoms. The molecule has 8 heteroatoms. The Balaban J connectivity index is 1.83. The van der Waals surface area contributed by atoms with E-state index in [0.29, 0.717) is 23.3 Å². The van der Waals surface area contributed by atoms with Crippen molar-refractivity contribution in [1.82, 2.24) is 0 Å². The third kappa shape index (κ3) is 5.66. The van der Waals surface area contributed by atoms with Gasteiger partial charge in [-0.25, -0.2) is 0 Å². The smallest absolute Gasteiger partial charge is 0.313 e. The topological polar surface area (TPSA) is 95.7 Å². The average Bonchev–Trinajstić information content (AvgIpc) is 3.13. The summed E-state index contributed by atoms with van der Waals surface area (Å²) < 4.78 is 5.18. The van der Waals surface area contributed by atoms with Crippen molar-refractivity contribution in [3.8, 4) is 0 Å². The van der Waals surface area contributed by atoms with Gasteiger partial charge in [0.25, 0.3) is 5.09 Å². The third-order valence-corrected chi connectivity index (χ3v) is 4.91. The molecule has 0 radical (unpaired) electrons. The molecule has 0 amide bonds. The fraction of sp³-hybridized carbons (Fsp3) is 0.333. The van der Waals surface area contributed by atoms with E-state index in [1.807, 2.05) is 6.07 Å². The Kier molecular flexibility index (Phi) is 7.28. The molecular weight excluding hydrogens is 358 g/mol. The second-order valence-electron chi connectivity index (χ2n) is 5.55. The van der Waals surface area contributed by atoms with Gasteiger partial charge in [0.2, 0.25) is 5.78 Å². The summed E-state index contributed by atoms with van der Waals surface area (Å²) >= 11 is 1.28. The molecule has 1 heterocycles. The minimum absolute atomic E-state index is 0.0179. The molecule has 0 aliphatic carbocycles. The predicted octanol–water partition coefficient (Wildman–Crippen LogP) is 3.61. The van der Waals surface area contributed by atoms with Gasteiger partial charge in [-0.2, -0.15) is 0 Å². The maximum Gasteiger partial charge on any atom is 0.313 e. The van der Waals surface area contributed by atoms with Crippen molar-refractivity contribution < 1.29 is 24.3 Å². The fourth-order valence-corrected chi connectivity index (χ4v) is 3.21. The number of carbonyl (C=O) groups excluding carboxylic acids is 2. The molecular formula is C18H19NO6S. The van der Waals surface area contributed by atoms with Crippen LogP contribution in [0.2, 0.25) is 0 Å². The van der Waals surface area contributed by atoms with Crippen LogP contribution in [0, 0.1) is 10.1 Å². The van der Waals surface area contributed by atoms with E-state index < -0.39 is 11.0 Å². The molecule has 1 atom stereocenters. The number of hydrogen-bond acceptors (Lipinski definition) is 7. The first kappa shape index (κ1) is 19.6. The normalized spacial score (nSPS) is 11.6. The van der Waals surface area contributed by atoms with Crippen LogP contribution in [0.15, 0.2) is 42.5 Å². The Hall–Kier alpha value is -2.74. The number of thiophene rings is 1. The van der Waals surface area contributed by atoms with E-state index in [9.17, 15) is 19.7 Å². The Morgan fingerprint density at radius 1 is 1.12 bits per heavy atom. The van der Waals surface area contributed by atoms with E-state index in [2.05, 4.69) is 4.84 Å². The zero-order valence-corrected chi connectivity index (χ0v) is 15.1. The first-order valence-electron chi connectivity index (χ1n) is 8.12. The largest absolute Gasteiger partial charge is 0.465 e.